The van der Waals surface area contributed by atoms with Gasteiger partial charge in [0.15, 0.2) is 5.96 Å². The van der Waals surface area contributed by atoms with Crippen LogP contribution >= 0.6 is 0 Å². The molecular weight excluding hydrogens is 460 g/mol. The molecule has 0 aliphatic rings. The fourth-order valence-corrected chi connectivity index (χ4v) is 4.07. The minimum absolute atomic E-state index is 0.00752. The van der Waals surface area contributed by atoms with Gasteiger partial charge in [-0.1, -0.05) is 0 Å². The van der Waals surface area contributed by atoms with E-state index in [1.54, 1.807) is 19.1 Å². The van der Waals surface area contributed by atoms with Gasteiger partial charge in [0, 0.05) is 25.6 Å². The summed E-state index contributed by atoms with van der Waals surface area (Å²) >= 11 is 0. The third-order valence-electron chi connectivity index (χ3n) is 5.87. The van der Waals surface area contributed by atoms with E-state index in [1.165, 1.54) is 0 Å². The number of guanidine groups is 1. The van der Waals surface area contributed by atoms with Crippen LogP contribution in [0.1, 0.15) is 54.6 Å². The SMILES string of the molecule is CCOC(=O)CCCNC(=O)c1ccc2nc(C(C)c3nc4ccc(N=C(N)N)cc4[nH]3)n(C)c2c1. The van der Waals surface area contributed by atoms with Crippen LogP contribution in [0.4, 0.5) is 5.69 Å². The first kappa shape index (κ1) is 24.7. The first-order valence-corrected chi connectivity index (χ1v) is 11.8. The van der Waals surface area contributed by atoms with Crippen LogP contribution in [0, 0.1) is 0 Å². The van der Waals surface area contributed by atoms with Gasteiger partial charge < -0.3 is 31.1 Å². The van der Waals surface area contributed by atoms with Gasteiger partial charge in [0.05, 0.1) is 40.3 Å². The van der Waals surface area contributed by atoms with Crippen molar-refractivity contribution in [1.82, 2.24) is 24.8 Å². The number of carbonyl (C=O) groups excluding carboxylic acids is 2. The highest BCUT2D eigenvalue weighted by Gasteiger charge is 2.20. The van der Waals surface area contributed by atoms with Crippen LogP contribution in [0.25, 0.3) is 22.1 Å². The maximum atomic E-state index is 12.6. The van der Waals surface area contributed by atoms with Gasteiger partial charge in [-0.15, -0.1) is 0 Å². The predicted octanol–water partition coefficient (Wildman–Crippen LogP) is 2.58. The normalized spacial score (nSPS) is 12.0. The maximum Gasteiger partial charge on any atom is 0.305 e. The number of imidazole rings is 2. The molecule has 0 fully saturated rings. The number of aromatic nitrogens is 4. The fourth-order valence-electron chi connectivity index (χ4n) is 4.07. The van der Waals surface area contributed by atoms with E-state index in [0.717, 1.165) is 33.7 Å². The third kappa shape index (κ3) is 5.29. The van der Waals surface area contributed by atoms with Crippen LogP contribution in [0.2, 0.25) is 0 Å². The number of hydrogen-bond donors (Lipinski definition) is 4. The Morgan fingerprint density at radius 3 is 2.69 bits per heavy atom. The standard InChI is InChI=1S/C25H30N8O3/c1-4-36-21(34)6-5-11-28-24(35)15-7-9-18-20(12-15)33(3)23(32-18)14(2)22-30-17-10-8-16(29-25(26)27)13-19(17)31-22/h7-10,12-14H,4-6,11H2,1-3H3,(H,28,35)(H,30,31)(H4,26,27,29). The van der Waals surface area contributed by atoms with E-state index >= 15 is 0 Å². The predicted molar refractivity (Wildman–Crippen MR) is 138 cm³/mol. The Morgan fingerprint density at radius 2 is 1.94 bits per heavy atom. The smallest absolute Gasteiger partial charge is 0.305 e. The third-order valence-corrected chi connectivity index (χ3v) is 5.87. The largest absolute Gasteiger partial charge is 0.466 e. The second kappa shape index (κ2) is 10.5. The van der Waals surface area contributed by atoms with Crippen molar-refractivity contribution >= 4 is 45.6 Å². The summed E-state index contributed by atoms with van der Waals surface area (Å²) < 4.78 is 6.87. The lowest BCUT2D eigenvalue weighted by molar-refractivity contribution is -0.143. The number of H-pyrrole nitrogens is 1. The molecule has 0 saturated heterocycles. The number of aryl methyl sites for hydroxylation is 1. The van der Waals surface area contributed by atoms with E-state index < -0.39 is 0 Å². The van der Waals surface area contributed by atoms with Crippen molar-refractivity contribution in [2.75, 3.05) is 13.2 Å². The molecule has 11 heteroatoms. The van der Waals surface area contributed by atoms with Crippen molar-refractivity contribution in [3.8, 4) is 0 Å². The molecule has 0 aliphatic heterocycles. The molecule has 6 N–H and O–H groups in total. The molecule has 4 rings (SSSR count). The molecule has 1 unspecified atom stereocenters. The zero-order chi connectivity index (χ0) is 25.8. The molecule has 11 nitrogen and oxygen atoms in total. The molecule has 0 bridgehead atoms. The number of nitrogens with one attached hydrogen (secondary N) is 2. The average Bonchev–Trinajstić information content (AvgIpc) is 3.41. The molecule has 0 aliphatic carbocycles. The Labute approximate surface area is 207 Å². The van der Waals surface area contributed by atoms with Crippen LogP contribution in [-0.2, 0) is 16.6 Å². The number of rotatable bonds is 9. The molecule has 1 amide bonds. The van der Waals surface area contributed by atoms with E-state index in [2.05, 4.69) is 15.3 Å². The molecule has 2 heterocycles. The average molecular weight is 491 g/mol. The van der Waals surface area contributed by atoms with Crippen molar-refractivity contribution in [3.05, 3.63) is 53.6 Å². The zero-order valence-corrected chi connectivity index (χ0v) is 20.5. The number of nitrogens with two attached hydrogens (primary N) is 2. The molecule has 2 aromatic heterocycles. The number of ether oxygens (including phenoxy) is 1. The van der Waals surface area contributed by atoms with E-state index in [4.69, 9.17) is 26.2 Å². The molecule has 0 spiro atoms. The highest BCUT2D eigenvalue weighted by molar-refractivity contribution is 5.97. The molecule has 0 saturated carbocycles. The van der Waals surface area contributed by atoms with Crippen LogP contribution in [-0.4, -0.2) is 50.5 Å². The van der Waals surface area contributed by atoms with Gasteiger partial charge in [0.1, 0.15) is 11.6 Å². The van der Waals surface area contributed by atoms with E-state index in [1.807, 2.05) is 42.8 Å². The Morgan fingerprint density at radius 1 is 1.17 bits per heavy atom. The zero-order valence-electron chi connectivity index (χ0n) is 20.5. The first-order valence-electron chi connectivity index (χ1n) is 11.8. The molecule has 1 atom stereocenters. The summed E-state index contributed by atoms with van der Waals surface area (Å²) in [5.74, 6) is 0.951. The lowest BCUT2D eigenvalue weighted by atomic mass is 10.1. The number of benzene rings is 2. The number of amides is 1. The van der Waals surface area contributed by atoms with Gasteiger partial charge in [0.2, 0.25) is 0 Å². The van der Waals surface area contributed by atoms with Gasteiger partial charge in [-0.3, -0.25) is 9.59 Å². The lowest BCUT2D eigenvalue weighted by Crippen LogP contribution is -2.25. The monoisotopic (exact) mass is 490 g/mol. The summed E-state index contributed by atoms with van der Waals surface area (Å²) in [6, 6.07) is 10.9. The van der Waals surface area contributed by atoms with Crippen LogP contribution in [0.5, 0.6) is 0 Å². The summed E-state index contributed by atoms with van der Waals surface area (Å²) in [5, 5.41) is 2.85. The quantitative estimate of drug-likeness (QED) is 0.121. The summed E-state index contributed by atoms with van der Waals surface area (Å²) in [6.07, 6.45) is 0.790. The van der Waals surface area contributed by atoms with Crippen molar-refractivity contribution in [2.24, 2.45) is 23.5 Å². The van der Waals surface area contributed by atoms with Gasteiger partial charge in [0.25, 0.3) is 5.91 Å². The highest BCUT2D eigenvalue weighted by Crippen LogP contribution is 2.28. The van der Waals surface area contributed by atoms with Crippen molar-refractivity contribution in [3.63, 3.8) is 0 Å². The van der Waals surface area contributed by atoms with Gasteiger partial charge in [-0.05, 0) is 56.7 Å². The van der Waals surface area contributed by atoms with E-state index in [0.29, 0.717) is 30.8 Å². The number of fused-ring (bicyclic) bond motifs is 2. The molecule has 2 aromatic carbocycles. The fraction of sp³-hybridized carbons (Fsp3) is 0.320. The Hall–Kier alpha value is -4.41. The topological polar surface area (TPSA) is 166 Å². The minimum atomic E-state index is -0.261. The van der Waals surface area contributed by atoms with E-state index in [-0.39, 0.29) is 30.2 Å². The Kier molecular flexibility index (Phi) is 7.18. The molecule has 0 radical (unpaired) electrons. The van der Waals surface area contributed by atoms with Gasteiger partial charge in [-0.25, -0.2) is 15.0 Å². The van der Waals surface area contributed by atoms with Crippen LogP contribution in [0.15, 0.2) is 41.4 Å². The number of hydrogen-bond acceptors (Lipinski definition) is 6. The summed E-state index contributed by atoms with van der Waals surface area (Å²) in [5.41, 5.74) is 15.4. The molecule has 188 valence electrons. The van der Waals surface area contributed by atoms with Crippen molar-refractivity contribution in [1.29, 1.82) is 0 Å². The Balaban J connectivity index is 1.51. The number of aliphatic imine (C=N–C) groups is 1. The number of nitrogens with zero attached hydrogens (tertiary/aromatic N) is 4. The second-order valence-electron chi connectivity index (χ2n) is 8.48. The van der Waals surface area contributed by atoms with Crippen molar-refractivity contribution < 1.29 is 14.3 Å². The lowest BCUT2D eigenvalue weighted by Gasteiger charge is -2.09. The minimum Gasteiger partial charge on any atom is -0.466 e. The second-order valence-corrected chi connectivity index (χ2v) is 8.48. The maximum absolute atomic E-state index is 12.6. The highest BCUT2D eigenvalue weighted by atomic mass is 16.5. The Bertz CT molecular complexity index is 1450. The van der Waals surface area contributed by atoms with Gasteiger partial charge >= 0.3 is 5.97 Å². The number of esters is 1. The number of carbonyl (C=O) groups is 2. The molecule has 36 heavy (non-hydrogen) atoms. The van der Waals surface area contributed by atoms with Crippen molar-refractivity contribution in [2.45, 2.75) is 32.6 Å². The van der Waals surface area contributed by atoms with Crippen LogP contribution < -0.4 is 16.8 Å². The van der Waals surface area contributed by atoms with Crippen LogP contribution in [0.3, 0.4) is 0 Å². The summed E-state index contributed by atoms with van der Waals surface area (Å²) in [7, 11) is 1.92. The number of aromatic amines is 1. The van der Waals surface area contributed by atoms with Gasteiger partial charge in [-0.2, -0.15) is 0 Å². The molecule has 4 aromatic rings. The van der Waals surface area contributed by atoms with E-state index in [9.17, 15) is 9.59 Å². The molecular formula is C25H30N8O3. The summed E-state index contributed by atoms with van der Waals surface area (Å²) in [6.45, 7) is 4.53. The first-order chi connectivity index (χ1) is 17.3. The summed E-state index contributed by atoms with van der Waals surface area (Å²) in [4.78, 5) is 41.0.